The van der Waals surface area contributed by atoms with Crippen LogP contribution in [0.15, 0.2) is 24.3 Å². The van der Waals surface area contributed by atoms with E-state index in [0.29, 0.717) is 12.0 Å². The van der Waals surface area contributed by atoms with Crippen molar-refractivity contribution in [3.63, 3.8) is 0 Å². The second-order valence-electron chi connectivity index (χ2n) is 5.66. The Labute approximate surface area is 131 Å². The second-order valence-corrected chi connectivity index (χ2v) is 5.66. The van der Waals surface area contributed by atoms with Gasteiger partial charge in [0, 0.05) is 18.2 Å². The molecule has 3 atom stereocenters. The number of halogens is 1. The summed E-state index contributed by atoms with van der Waals surface area (Å²) >= 11 is 0. The molecule has 3 N–H and O–H groups in total. The summed E-state index contributed by atoms with van der Waals surface area (Å²) < 4.78 is 12.9. The Morgan fingerprint density at radius 3 is 2.70 bits per heavy atom. The Morgan fingerprint density at radius 2 is 2.04 bits per heavy atom. The molecule has 7 nitrogen and oxygen atoms in total. The van der Waals surface area contributed by atoms with Gasteiger partial charge >= 0.3 is 0 Å². The summed E-state index contributed by atoms with van der Waals surface area (Å²) in [6.07, 6.45) is 0.308. The van der Waals surface area contributed by atoms with E-state index in [-0.39, 0.29) is 30.3 Å². The molecule has 0 aromatic heterocycles. The van der Waals surface area contributed by atoms with E-state index in [1.165, 1.54) is 29.2 Å². The van der Waals surface area contributed by atoms with Crippen molar-refractivity contribution in [2.24, 2.45) is 0 Å². The number of nitrogens with zero attached hydrogens (tertiary/aromatic N) is 1. The number of fused-ring (bicyclic) bond motifs is 1. The van der Waals surface area contributed by atoms with Gasteiger partial charge in [-0.05, 0) is 30.7 Å². The van der Waals surface area contributed by atoms with Crippen LogP contribution >= 0.6 is 0 Å². The Kier molecular flexibility index (Phi) is 3.99. The number of amides is 3. The largest absolute Gasteiger partial charge is 0.394 e. The van der Waals surface area contributed by atoms with Crippen molar-refractivity contribution in [3.8, 4) is 0 Å². The maximum Gasteiger partial charge on any atom is 0.251 e. The molecule has 0 aliphatic carbocycles. The third-order valence-corrected chi connectivity index (χ3v) is 4.13. The molecule has 2 aliphatic heterocycles. The molecule has 8 heteroatoms. The molecule has 0 unspecified atom stereocenters. The van der Waals surface area contributed by atoms with Crippen LogP contribution in [0.1, 0.15) is 16.8 Å². The van der Waals surface area contributed by atoms with Crippen LogP contribution in [0.3, 0.4) is 0 Å². The molecule has 1 aromatic carbocycles. The van der Waals surface area contributed by atoms with Crippen molar-refractivity contribution in [1.29, 1.82) is 0 Å². The Bertz CT molecular complexity index is 649. The van der Waals surface area contributed by atoms with Gasteiger partial charge in [0.15, 0.2) is 0 Å². The molecular formula is C15H16FN3O4. The van der Waals surface area contributed by atoms with Gasteiger partial charge in [-0.2, -0.15) is 0 Å². The number of aliphatic hydroxyl groups is 1. The van der Waals surface area contributed by atoms with Gasteiger partial charge in [-0.25, -0.2) is 4.39 Å². The zero-order valence-corrected chi connectivity index (χ0v) is 12.2. The topological polar surface area (TPSA) is 98.7 Å². The van der Waals surface area contributed by atoms with Crippen LogP contribution in [0, 0.1) is 5.82 Å². The number of benzene rings is 1. The van der Waals surface area contributed by atoms with Crippen molar-refractivity contribution in [2.75, 3.05) is 13.2 Å². The van der Waals surface area contributed by atoms with Crippen molar-refractivity contribution in [3.05, 3.63) is 35.6 Å². The first kappa shape index (κ1) is 15.4. The van der Waals surface area contributed by atoms with Crippen LogP contribution in [0.2, 0.25) is 0 Å². The molecule has 2 aliphatic rings. The summed E-state index contributed by atoms with van der Waals surface area (Å²) in [5.74, 6) is -1.50. The first-order chi connectivity index (χ1) is 11.0. The summed E-state index contributed by atoms with van der Waals surface area (Å²) in [6.45, 7) is -0.249. The van der Waals surface area contributed by atoms with Crippen molar-refractivity contribution < 1.29 is 23.9 Å². The lowest BCUT2D eigenvalue weighted by molar-refractivity contribution is -0.148. The average molecular weight is 321 g/mol. The summed E-state index contributed by atoms with van der Waals surface area (Å²) in [6, 6.07) is 3.18. The normalized spacial score (nSPS) is 26.7. The highest BCUT2D eigenvalue weighted by molar-refractivity contribution is 5.98. The third kappa shape index (κ3) is 2.89. The van der Waals surface area contributed by atoms with Crippen LogP contribution in [-0.4, -0.2) is 59.0 Å². The van der Waals surface area contributed by atoms with Crippen LogP contribution < -0.4 is 10.6 Å². The number of carbonyl (C=O) groups is 3. The van der Waals surface area contributed by atoms with Crippen LogP contribution in [0.5, 0.6) is 0 Å². The molecule has 3 rings (SSSR count). The van der Waals surface area contributed by atoms with Gasteiger partial charge in [-0.3, -0.25) is 14.4 Å². The fraction of sp³-hybridized carbons (Fsp3) is 0.400. The van der Waals surface area contributed by atoms with Gasteiger partial charge in [0.25, 0.3) is 5.91 Å². The van der Waals surface area contributed by atoms with Gasteiger partial charge in [0.05, 0.1) is 6.61 Å². The molecule has 2 fully saturated rings. The molecule has 0 saturated carbocycles. The standard InChI is InChI=1S/C15H16FN3O4/c16-9-3-1-8(2-4-9)13(21)17-10-5-12-14(22)18-11(7-20)15(23)19(12)6-10/h1-4,10-12,20H,5-7H2,(H,17,21)(H,18,22)/t10-,11+,12-/m0/s1. The second kappa shape index (κ2) is 5.96. The van der Waals surface area contributed by atoms with Gasteiger partial charge in [-0.1, -0.05) is 0 Å². The van der Waals surface area contributed by atoms with Crippen LogP contribution in [0.4, 0.5) is 4.39 Å². The first-order valence-corrected chi connectivity index (χ1v) is 7.27. The number of piperazine rings is 1. The number of aliphatic hydroxyl groups excluding tert-OH is 1. The number of nitrogens with one attached hydrogen (secondary N) is 2. The number of rotatable bonds is 3. The summed E-state index contributed by atoms with van der Waals surface area (Å²) in [4.78, 5) is 37.6. The van der Waals surface area contributed by atoms with Gasteiger partial charge < -0.3 is 20.6 Å². The van der Waals surface area contributed by atoms with Crippen molar-refractivity contribution in [1.82, 2.24) is 15.5 Å². The molecular weight excluding hydrogens is 305 g/mol. The van der Waals surface area contributed by atoms with Gasteiger partial charge in [-0.15, -0.1) is 0 Å². The SMILES string of the molecule is O=C(N[C@H]1C[C@H]2C(=O)N[C@H](CO)C(=O)N2C1)c1ccc(F)cc1. The van der Waals surface area contributed by atoms with Gasteiger partial charge in [0.1, 0.15) is 17.9 Å². The Balaban J connectivity index is 1.67. The highest BCUT2D eigenvalue weighted by atomic mass is 19.1. The van der Waals surface area contributed by atoms with E-state index >= 15 is 0 Å². The number of carbonyl (C=O) groups excluding carboxylic acids is 3. The molecule has 122 valence electrons. The Morgan fingerprint density at radius 1 is 1.35 bits per heavy atom. The van der Waals surface area contributed by atoms with E-state index in [2.05, 4.69) is 10.6 Å². The fourth-order valence-electron chi connectivity index (χ4n) is 2.96. The van der Waals surface area contributed by atoms with E-state index in [0.717, 1.165) is 0 Å². The van der Waals surface area contributed by atoms with E-state index in [4.69, 9.17) is 5.11 Å². The summed E-state index contributed by atoms with van der Waals surface area (Å²) in [7, 11) is 0. The first-order valence-electron chi connectivity index (χ1n) is 7.27. The highest BCUT2D eigenvalue weighted by Crippen LogP contribution is 2.23. The third-order valence-electron chi connectivity index (χ3n) is 4.13. The molecule has 0 radical (unpaired) electrons. The monoisotopic (exact) mass is 321 g/mol. The van der Waals surface area contributed by atoms with Gasteiger partial charge in [0.2, 0.25) is 11.8 Å². The molecule has 0 bridgehead atoms. The minimum atomic E-state index is -0.926. The molecule has 23 heavy (non-hydrogen) atoms. The predicted molar refractivity (Wildman–Crippen MR) is 76.8 cm³/mol. The molecule has 3 amide bonds. The lowest BCUT2D eigenvalue weighted by Crippen LogP contribution is -2.62. The minimum Gasteiger partial charge on any atom is -0.394 e. The summed E-state index contributed by atoms with van der Waals surface area (Å²) in [5, 5.41) is 14.3. The lowest BCUT2D eigenvalue weighted by Gasteiger charge is -2.33. The zero-order chi connectivity index (χ0) is 16.6. The van der Waals surface area contributed by atoms with E-state index in [1.54, 1.807) is 0 Å². The van der Waals surface area contributed by atoms with E-state index in [1.807, 2.05) is 0 Å². The number of hydrogen-bond acceptors (Lipinski definition) is 4. The highest BCUT2D eigenvalue weighted by Gasteiger charge is 2.46. The van der Waals surface area contributed by atoms with E-state index < -0.39 is 24.5 Å². The molecule has 0 spiro atoms. The van der Waals surface area contributed by atoms with Crippen LogP contribution in [-0.2, 0) is 9.59 Å². The average Bonchev–Trinajstić information content (AvgIpc) is 2.96. The van der Waals surface area contributed by atoms with Crippen molar-refractivity contribution in [2.45, 2.75) is 24.5 Å². The maximum absolute atomic E-state index is 12.9. The quantitative estimate of drug-likeness (QED) is 0.666. The minimum absolute atomic E-state index is 0.209. The summed E-state index contributed by atoms with van der Waals surface area (Å²) in [5.41, 5.74) is 0.306. The molecule has 1 aromatic rings. The fourth-order valence-corrected chi connectivity index (χ4v) is 2.96. The molecule has 2 saturated heterocycles. The smallest absolute Gasteiger partial charge is 0.251 e. The van der Waals surface area contributed by atoms with Crippen molar-refractivity contribution >= 4 is 17.7 Å². The van der Waals surface area contributed by atoms with E-state index in [9.17, 15) is 18.8 Å². The Hall–Kier alpha value is -2.48. The maximum atomic E-state index is 12.9. The van der Waals surface area contributed by atoms with Crippen LogP contribution in [0.25, 0.3) is 0 Å². The zero-order valence-electron chi connectivity index (χ0n) is 12.2. The number of hydrogen-bond donors (Lipinski definition) is 3. The predicted octanol–water partition coefficient (Wildman–Crippen LogP) is -0.984. The lowest BCUT2D eigenvalue weighted by atomic mass is 10.1. The molecule has 2 heterocycles.